The van der Waals surface area contributed by atoms with E-state index in [4.69, 9.17) is 41.5 Å². The molecule has 0 amide bonds. The lowest BCUT2D eigenvalue weighted by molar-refractivity contribution is -0.134. The Balaban J connectivity index is 0.000000360. The molecule has 2 aromatic carbocycles. The SMILES string of the molecule is CN1CCN(C2CCC(n3nc(-c4ccc(NCc5ccc(Br)cc5)c(F)c4)c4c(N)ncnc43)CC2)CC1.O=C(O)C=CC(=O)O.O=C(O)C=CC(=O)O.O=C(O)C=CC(=O)O. The lowest BCUT2D eigenvalue weighted by Crippen LogP contribution is -2.49. The molecule has 0 unspecified atom stereocenters. The van der Waals surface area contributed by atoms with Gasteiger partial charge in [-0.05, 0) is 62.6 Å². The number of hydrogen-bond donors (Lipinski definition) is 8. The number of carboxylic acid groups (broad SMARTS) is 6. The molecule has 1 saturated heterocycles. The Bertz CT molecular complexity index is 2190. The van der Waals surface area contributed by atoms with Crippen LogP contribution in [0.3, 0.4) is 0 Å². The van der Waals surface area contributed by atoms with Gasteiger partial charge in [-0.25, -0.2) is 47.8 Å². The maximum absolute atomic E-state index is 15.2. The van der Waals surface area contributed by atoms with Crippen LogP contribution in [0.15, 0.2) is 89.7 Å². The van der Waals surface area contributed by atoms with E-state index in [0.29, 0.717) is 77.2 Å². The van der Waals surface area contributed by atoms with E-state index in [2.05, 4.69) is 48.1 Å². The maximum Gasteiger partial charge on any atom is 0.328 e. The van der Waals surface area contributed by atoms with Crippen molar-refractivity contribution < 1.29 is 63.8 Å². The number of aliphatic carboxylic acids is 6. The molecule has 336 valence electrons. The van der Waals surface area contributed by atoms with E-state index >= 15 is 4.39 Å². The van der Waals surface area contributed by atoms with Gasteiger partial charge in [0.2, 0.25) is 0 Å². The summed E-state index contributed by atoms with van der Waals surface area (Å²) in [6.07, 6.45) is 9.18. The number of carboxylic acids is 6. The Labute approximate surface area is 367 Å². The van der Waals surface area contributed by atoms with Crippen LogP contribution in [-0.4, -0.2) is 135 Å². The van der Waals surface area contributed by atoms with Crippen molar-refractivity contribution in [2.45, 2.75) is 44.3 Å². The molecule has 6 rings (SSSR count). The summed E-state index contributed by atoms with van der Waals surface area (Å²) in [4.78, 5) is 71.2. The van der Waals surface area contributed by atoms with Crippen molar-refractivity contribution in [2.75, 3.05) is 44.3 Å². The third-order valence-corrected chi connectivity index (χ3v) is 9.86. The molecular weight excluding hydrogens is 895 g/mol. The summed E-state index contributed by atoms with van der Waals surface area (Å²) in [5.41, 5.74) is 9.86. The molecule has 2 aromatic heterocycles. The highest BCUT2D eigenvalue weighted by Gasteiger charge is 2.31. The second kappa shape index (κ2) is 25.0. The number of nitrogens with zero attached hydrogens (tertiary/aromatic N) is 6. The number of nitrogens with one attached hydrogen (secondary N) is 1. The third-order valence-electron chi connectivity index (χ3n) is 9.33. The fourth-order valence-corrected chi connectivity index (χ4v) is 6.60. The Morgan fingerprint density at radius 3 is 1.67 bits per heavy atom. The number of nitrogen functional groups attached to an aromatic ring is 1. The summed E-state index contributed by atoms with van der Waals surface area (Å²) in [5, 5.41) is 55.7. The number of nitrogens with two attached hydrogens (primary N) is 1. The average Bonchev–Trinajstić information content (AvgIpc) is 3.64. The maximum atomic E-state index is 15.2. The smallest absolute Gasteiger partial charge is 0.328 e. The Morgan fingerprint density at radius 1 is 0.730 bits per heavy atom. The zero-order valence-corrected chi connectivity index (χ0v) is 35.3. The van der Waals surface area contributed by atoms with Crippen LogP contribution in [0.4, 0.5) is 15.9 Å². The molecule has 1 aliphatic carbocycles. The van der Waals surface area contributed by atoms with Gasteiger partial charge >= 0.3 is 35.8 Å². The van der Waals surface area contributed by atoms with Gasteiger partial charge in [0.25, 0.3) is 0 Å². The summed E-state index contributed by atoms with van der Waals surface area (Å²) < 4.78 is 18.3. The van der Waals surface area contributed by atoms with Crippen molar-refractivity contribution in [1.82, 2.24) is 29.5 Å². The zero-order valence-electron chi connectivity index (χ0n) is 33.8. The first-order chi connectivity index (χ1) is 29.8. The fourth-order valence-electron chi connectivity index (χ4n) is 6.34. The molecule has 2 aliphatic rings. The highest BCUT2D eigenvalue weighted by molar-refractivity contribution is 9.10. The first-order valence-electron chi connectivity index (χ1n) is 19.0. The van der Waals surface area contributed by atoms with E-state index in [-0.39, 0.29) is 11.9 Å². The van der Waals surface area contributed by atoms with Crippen molar-refractivity contribution in [3.8, 4) is 11.3 Å². The minimum absolute atomic E-state index is 0.232. The van der Waals surface area contributed by atoms with E-state index in [0.717, 1.165) is 67.5 Å². The highest BCUT2D eigenvalue weighted by atomic mass is 79.9. The molecule has 3 heterocycles. The van der Waals surface area contributed by atoms with Gasteiger partial charge in [0.05, 0.1) is 17.1 Å². The second-order valence-corrected chi connectivity index (χ2v) is 14.7. The number of carbonyl (C=O) groups is 6. The van der Waals surface area contributed by atoms with Crippen LogP contribution >= 0.6 is 15.9 Å². The number of hydrogen-bond acceptors (Lipinski definition) is 13. The molecule has 0 spiro atoms. The summed E-state index contributed by atoms with van der Waals surface area (Å²) in [6, 6.07) is 14.0. The number of aromatic nitrogens is 4. The molecule has 63 heavy (non-hydrogen) atoms. The molecule has 0 atom stereocenters. The number of fused-ring (bicyclic) bond motifs is 1. The fraction of sp³-hybridized carbons (Fsp3) is 0.293. The van der Waals surface area contributed by atoms with Crippen molar-refractivity contribution in [2.24, 2.45) is 0 Å². The predicted octanol–water partition coefficient (Wildman–Crippen LogP) is 4.46. The average molecular weight is 942 g/mol. The molecule has 4 aromatic rings. The highest BCUT2D eigenvalue weighted by Crippen LogP contribution is 2.37. The lowest BCUT2D eigenvalue weighted by Gasteiger charge is -2.41. The lowest BCUT2D eigenvalue weighted by atomic mass is 9.90. The molecule has 20 nitrogen and oxygen atoms in total. The van der Waals surface area contributed by atoms with E-state index in [1.807, 2.05) is 35.0 Å². The van der Waals surface area contributed by atoms with Gasteiger partial charge in [-0.15, -0.1) is 0 Å². The quantitative estimate of drug-likeness (QED) is 0.0909. The molecule has 0 bridgehead atoms. The minimum atomic E-state index is -1.26. The van der Waals surface area contributed by atoms with Crippen LogP contribution in [0.1, 0.15) is 37.3 Å². The standard InChI is InChI=1S/C29H34BrFN8.3C4H4O4/c1-37-12-14-38(15-13-37)22-7-9-23(10-8-22)39-29-26(28(32)34-18-35-29)27(36-39)20-4-11-25(24(31)16-20)33-17-19-2-5-21(30)6-3-19;3*5-3(6)1-2-4(7)8/h2-6,11,16,18,22-23,33H,7-10,12-15,17H2,1H3,(H2,32,34,35);3*1-2H,(H,5,6)(H,7,8). The van der Waals surface area contributed by atoms with Gasteiger partial charge < -0.3 is 46.6 Å². The van der Waals surface area contributed by atoms with Crippen LogP contribution in [0.25, 0.3) is 22.3 Å². The van der Waals surface area contributed by atoms with Gasteiger partial charge in [0, 0.05) is 85.3 Å². The van der Waals surface area contributed by atoms with Crippen LogP contribution < -0.4 is 11.1 Å². The molecule has 1 saturated carbocycles. The summed E-state index contributed by atoms with van der Waals surface area (Å²) in [6.45, 7) is 5.09. The second-order valence-electron chi connectivity index (χ2n) is 13.8. The van der Waals surface area contributed by atoms with E-state index in [1.165, 1.54) is 12.4 Å². The Hall–Kier alpha value is -7.04. The van der Waals surface area contributed by atoms with E-state index < -0.39 is 35.8 Å². The normalized spacial score (nSPS) is 16.6. The zero-order chi connectivity index (χ0) is 46.6. The molecule has 9 N–H and O–H groups in total. The number of piperazine rings is 1. The van der Waals surface area contributed by atoms with Crippen LogP contribution in [0, 0.1) is 5.82 Å². The monoisotopic (exact) mass is 940 g/mol. The van der Waals surface area contributed by atoms with E-state index in [9.17, 15) is 28.8 Å². The number of benzene rings is 2. The van der Waals surface area contributed by atoms with E-state index in [1.54, 1.807) is 6.07 Å². The third kappa shape index (κ3) is 17.5. The summed E-state index contributed by atoms with van der Waals surface area (Å²) in [7, 11) is 2.20. The molecule has 0 radical (unpaired) electrons. The van der Waals surface area contributed by atoms with Crippen LogP contribution in [-0.2, 0) is 35.3 Å². The first kappa shape index (κ1) is 50.3. The Morgan fingerprint density at radius 2 is 1.21 bits per heavy atom. The number of halogens is 2. The van der Waals surface area contributed by atoms with Crippen LogP contribution in [0.5, 0.6) is 0 Å². The van der Waals surface area contributed by atoms with Crippen molar-refractivity contribution in [1.29, 1.82) is 0 Å². The molecule has 22 heteroatoms. The summed E-state index contributed by atoms with van der Waals surface area (Å²) in [5.74, 6) is -7.51. The predicted molar refractivity (Wildman–Crippen MR) is 230 cm³/mol. The summed E-state index contributed by atoms with van der Waals surface area (Å²) >= 11 is 3.44. The Kier molecular flexibility index (Phi) is 20.0. The molecule has 1 aliphatic heterocycles. The topological polar surface area (TPSA) is 312 Å². The van der Waals surface area contributed by atoms with Gasteiger partial charge in [-0.3, -0.25) is 4.90 Å². The molecule has 2 fully saturated rings. The molecular formula is C41H46BrFN8O12. The minimum Gasteiger partial charge on any atom is -0.478 e. The van der Waals surface area contributed by atoms with Gasteiger partial charge in [-0.1, -0.05) is 34.1 Å². The number of likely N-dealkylation sites (N-methyl/N-ethyl adjacent to an activating group) is 1. The van der Waals surface area contributed by atoms with Gasteiger partial charge in [0.1, 0.15) is 23.7 Å². The first-order valence-corrected chi connectivity index (χ1v) is 19.7. The van der Waals surface area contributed by atoms with Crippen molar-refractivity contribution in [3.63, 3.8) is 0 Å². The number of rotatable bonds is 12. The largest absolute Gasteiger partial charge is 0.478 e. The van der Waals surface area contributed by atoms with Crippen molar-refractivity contribution >= 4 is 74.3 Å². The van der Waals surface area contributed by atoms with Crippen LogP contribution in [0.2, 0.25) is 0 Å². The van der Waals surface area contributed by atoms with Gasteiger partial charge in [-0.2, -0.15) is 5.10 Å². The van der Waals surface area contributed by atoms with Gasteiger partial charge in [0.15, 0.2) is 5.65 Å². The number of anilines is 2. The van der Waals surface area contributed by atoms with Crippen molar-refractivity contribution in [3.05, 3.63) is 101 Å².